The van der Waals surface area contributed by atoms with E-state index in [0.29, 0.717) is 5.56 Å². The van der Waals surface area contributed by atoms with Gasteiger partial charge in [-0.3, -0.25) is 39.0 Å². The summed E-state index contributed by atoms with van der Waals surface area (Å²) in [5.74, 6) is -2.89. The lowest BCUT2D eigenvalue weighted by Crippen LogP contribution is -2.56. The molecule has 8 N–H and O–H groups in total. The van der Waals surface area contributed by atoms with Crippen LogP contribution in [0.5, 0.6) is 5.75 Å². The van der Waals surface area contributed by atoms with Gasteiger partial charge in [-0.1, -0.05) is 49.4 Å². The smallest absolute Gasteiger partial charge is 0.261 e. The van der Waals surface area contributed by atoms with Crippen LogP contribution >= 0.6 is 0 Å². The van der Waals surface area contributed by atoms with Gasteiger partial charge < -0.3 is 26.8 Å². The zero-order chi connectivity index (χ0) is 31.1. The Hall–Kier alpha value is -4.30. The Labute approximate surface area is 246 Å². The summed E-state index contributed by atoms with van der Waals surface area (Å²) in [6, 6.07) is 11.9. The molecule has 2 rings (SSSR count). The van der Waals surface area contributed by atoms with E-state index in [1.807, 2.05) is 0 Å². The lowest BCUT2D eigenvalue weighted by Gasteiger charge is -2.21. The minimum atomic E-state index is -1.25. The summed E-state index contributed by atoms with van der Waals surface area (Å²) in [6.07, 6.45) is 1.90. The maximum atomic E-state index is 12.9. The number of carbonyl (C=O) groups is 5. The van der Waals surface area contributed by atoms with E-state index < -0.39 is 65.0 Å². The second kappa shape index (κ2) is 17.5. The molecule has 42 heavy (non-hydrogen) atoms. The molecule has 2 aromatic carbocycles. The van der Waals surface area contributed by atoms with E-state index in [-0.39, 0.29) is 37.2 Å². The first-order chi connectivity index (χ1) is 20.0. The number of rotatable bonds is 15. The Kier molecular flexibility index (Phi) is 14.1. The van der Waals surface area contributed by atoms with Crippen molar-refractivity contribution in [3.63, 3.8) is 0 Å². The predicted octanol–water partition coefficient (Wildman–Crippen LogP) is -1.08. The van der Waals surface area contributed by atoms with Gasteiger partial charge in [0, 0.05) is 35.6 Å². The highest BCUT2D eigenvalue weighted by Crippen LogP contribution is 2.11. The van der Waals surface area contributed by atoms with Crippen LogP contribution in [0.2, 0.25) is 0 Å². The lowest BCUT2D eigenvalue weighted by molar-refractivity contribution is -0.133. The van der Waals surface area contributed by atoms with Crippen molar-refractivity contribution in [3.8, 4) is 5.75 Å². The molecule has 4 atom stereocenters. The van der Waals surface area contributed by atoms with Crippen molar-refractivity contribution in [1.29, 1.82) is 0 Å². The molecule has 0 saturated heterocycles. The fourth-order valence-electron chi connectivity index (χ4n) is 3.71. The summed E-state index contributed by atoms with van der Waals surface area (Å²) in [4.78, 5) is 62.7. The topological polar surface area (TPSA) is 209 Å². The van der Waals surface area contributed by atoms with E-state index in [9.17, 15) is 33.3 Å². The molecule has 0 aliphatic carbocycles. The van der Waals surface area contributed by atoms with E-state index in [0.717, 1.165) is 5.56 Å². The van der Waals surface area contributed by atoms with Crippen molar-refractivity contribution in [1.82, 2.24) is 26.8 Å². The van der Waals surface area contributed by atoms with Crippen LogP contribution in [0.3, 0.4) is 0 Å². The van der Waals surface area contributed by atoms with Crippen LogP contribution in [0.15, 0.2) is 54.6 Å². The van der Waals surface area contributed by atoms with Crippen molar-refractivity contribution in [2.24, 2.45) is 5.73 Å². The Bertz CT molecular complexity index is 1240. The second-order valence-electron chi connectivity index (χ2n) is 9.52. The number of amides is 5. The number of benzene rings is 2. The Morgan fingerprint density at radius 2 is 1.45 bits per heavy atom. The van der Waals surface area contributed by atoms with Crippen molar-refractivity contribution < 1.29 is 33.3 Å². The fourth-order valence-corrected chi connectivity index (χ4v) is 4.28. The third-order valence-corrected chi connectivity index (χ3v) is 6.87. The van der Waals surface area contributed by atoms with Gasteiger partial charge in [0.1, 0.15) is 17.8 Å². The van der Waals surface area contributed by atoms with Crippen molar-refractivity contribution in [2.45, 2.75) is 50.7 Å². The highest BCUT2D eigenvalue weighted by Gasteiger charge is 2.26. The van der Waals surface area contributed by atoms with Gasteiger partial charge in [-0.15, -0.1) is 0 Å². The maximum Gasteiger partial charge on any atom is 0.261 e. The van der Waals surface area contributed by atoms with Gasteiger partial charge in [-0.25, -0.2) is 0 Å². The molecule has 0 heterocycles. The number of phenolic OH excluding ortho intramolecular Hbond substituents is 1. The molecule has 2 aromatic rings. The van der Waals surface area contributed by atoms with E-state index in [1.54, 1.807) is 49.4 Å². The van der Waals surface area contributed by atoms with Crippen LogP contribution in [-0.4, -0.2) is 75.5 Å². The SMILES string of the molecule is CCC(=O)NNC(=O)[C@H](Cc1ccccc1)NC(=O)CNC(=O)[C@@H](CCS(C)=O)NC(=O)[C@@H](N)Cc1ccc(O)cc1. The van der Waals surface area contributed by atoms with E-state index in [4.69, 9.17) is 5.73 Å². The molecule has 0 fully saturated rings. The molecule has 5 amide bonds. The summed E-state index contributed by atoms with van der Waals surface area (Å²) >= 11 is 0. The van der Waals surface area contributed by atoms with Crippen LogP contribution in [0.1, 0.15) is 30.9 Å². The molecule has 0 spiro atoms. The summed E-state index contributed by atoms with van der Waals surface area (Å²) < 4.78 is 11.7. The highest BCUT2D eigenvalue weighted by molar-refractivity contribution is 7.84. The normalized spacial score (nSPS) is 13.5. The van der Waals surface area contributed by atoms with Gasteiger partial charge in [-0.05, 0) is 36.1 Å². The molecule has 0 bridgehead atoms. The molecule has 228 valence electrons. The maximum absolute atomic E-state index is 12.9. The molecule has 0 radical (unpaired) electrons. The summed E-state index contributed by atoms with van der Waals surface area (Å²) in [5.41, 5.74) is 12.0. The average Bonchev–Trinajstić information content (AvgIpc) is 2.97. The molecular formula is C28H38N6O7S. The average molecular weight is 603 g/mol. The second-order valence-corrected chi connectivity index (χ2v) is 11.1. The highest BCUT2D eigenvalue weighted by atomic mass is 32.2. The molecule has 0 aliphatic heterocycles. The van der Waals surface area contributed by atoms with Crippen LogP contribution in [-0.2, 0) is 47.6 Å². The van der Waals surface area contributed by atoms with Gasteiger partial charge in [0.25, 0.3) is 5.91 Å². The minimum Gasteiger partial charge on any atom is -0.508 e. The first-order valence-corrected chi connectivity index (χ1v) is 15.0. The Morgan fingerprint density at radius 3 is 2.07 bits per heavy atom. The van der Waals surface area contributed by atoms with Crippen LogP contribution in [0, 0.1) is 0 Å². The van der Waals surface area contributed by atoms with E-state index in [2.05, 4.69) is 26.8 Å². The van der Waals surface area contributed by atoms with Gasteiger partial charge in [0.2, 0.25) is 23.6 Å². The Balaban J connectivity index is 2.01. The van der Waals surface area contributed by atoms with Gasteiger partial charge in [0.15, 0.2) is 0 Å². The predicted molar refractivity (Wildman–Crippen MR) is 157 cm³/mol. The standard InChI is InChI=1S/C28H38N6O7S/c1-3-24(36)33-34-28(40)23(16-18-7-5-4-6-8-18)31-25(37)17-30-27(39)22(13-14-42(2)41)32-26(38)21(29)15-19-9-11-20(35)12-10-19/h4-12,21-23,35H,3,13-17,29H2,1-2H3,(H,30,39)(H,31,37)(H,32,38)(H,33,36)(H,34,40)/t21-,22+,23-,42?/m0/s1. The fraction of sp³-hybridized carbons (Fsp3) is 0.393. The molecule has 0 aliphatic rings. The molecule has 13 nitrogen and oxygen atoms in total. The third-order valence-electron chi connectivity index (χ3n) is 6.06. The summed E-state index contributed by atoms with van der Waals surface area (Å²) in [7, 11) is -1.25. The van der Waals surface area contributed by atoms with Crippen molar-refractivity contribution in [2.75, 3.05) is 18.6 Å². The monoisotopic (exact) mass is 602 g/mol. The Morgan fingerprint density at radius 1 is 0.810 bits per heavy atom. The van der Waals surface area contributed by atoms with Gasteiger partial charge in [0.05, 0.1) is 12.6 Å². The van der Waals surface area contributed by atoms with Crippen LogP contribution in [0.25, 0.3) is 0 Å². The largest absolute Gasteiger partial charge is 0.508 e. The summed E-state index contributed by atoms with van der Waals surface area (Å²) in [6.45, 7) is 1.10. The van der Waals surface area contributed by atoms with Gasteiger partial charge >= 0.3 is 0 Å². The van der Waals surface area contributed by atoms with E-state index >= 15 is 0 Å². The number of aromatic hydroxyl groups is 1. The van der Waals surface area contributed by atoms with Gasteiger partial charge in [-0.2, -0.15) is 0 Å². The number of nitrogens with one attached hydrogen (secondary N) is 5. The number of carbonyl (C=O) groups excluding carboxylic acids is 5. The molecule has 0 saturated carbocycles. The number of hydrogen-bond acceptors (Lipinski definition) is 8. The number of hydrazine groups is 1. The summed E-state index contributed by atoms with van der Waals surface area (Å²) in [5, 5.41) is 17.0. The van der Waals surface area contributed by atoms with Crippen LogP contribution < -0.4 is 32.5 Å². The van der Waals surface area contributed by atoms with Crippen molar-refractivity contribution in [3.05, 3.63) is 65.7 Å². The first kappa shape index (κ1) is 33.9. The van der Waals surface area contributed by atoms with Crippen molar-refractivity contribution >= 4 is 40.3 Å². The number of nitrogens with two attached hydrogens (primary N) is 1. The molecule has 1 unspecified atom stereocenters. The molecule has 0 aromatic heterocycles. The van der Waals surface area contributed by atoms with E-state index in [1.165, 1.54) is 18.4 Å². The third kappa shape index (κ3) is 12.5. The zero-order valence-electron chi connectivity index (χ0n) is 23.6. The molecule has 14 heteroatoms. The molecular weight excluding hydrogens is 564 g/mol. The first-order valence-electron chi connectivity index (χ1n) is 13.3. The lowest BCUT2D eigenvalue weighted by atomic mass is 10.0. The zero-order valence-corrected chi connectivity index (χ0v) is 24.4. The number of phenols is 1. The minimum absolute atomic E-state index is 0.0321. The van der Waals surface area contributed by atoms with Crippen LogP contribution in [0.4, 0.5) is 0 Å². The number of hydrogen-bond donors (Lipinski definition) is 7. The quantitative estimate of drug-likeness (QED) is 0.124.